The first-order chi connectivity index (χ1) is 11.2. The maximum Gasteiger partial charge on any atom is 0.410 e. The number of aliphatic hydroxyl groups is 1. The summed E-state index contributed by atoms with van der Waals surface area (Å²) in [5, 5.41) is 10.0. The Morgan fingerprint density at radius 1 is 1.25 bits per heavy atom. The van der Waals surface area contributed by atoms with Gasteiger partial charge in [0.25, 0.3) is 0 Å². The van der Waals surface area contributed by atoms with E-state index in [9.17, 15) is 9.90 Å². The van der Waals surface area contributed by atoms with E-state index in [0.29, 0.717) is 42.5 Å². The Labute approximate surface area is 147 Å². The Kier molecular flexibility index (Phi) is 5.83. The molecule has 1 saturated heterocycles. The average molecular weight is 357 g/mol. The highest BCUT2D eigenvalue weighted by atomic mass is 35.5. The van der Waals surface area contributed by atoms with E-state index in [4.69, 9.17) is 21.1 Å². The maximum atomic E-state index is 12.1. The van der Waals surface area contributed by atoms with Crippen LogP contribution in [0.1, 0.15) is 26.3 Å². The van der Waals surface area contributed by atoms with Crippen LogP contribution in [0.5, 0.6) is 5.75 Å². The molecular formula is C17H25ClN2O4. The summed E-state index contributed by atoms with van der Waals surface area (Å²) in [4.78, 5) is 15.9. The standard InChI is InChI=1S/C17H25ClN2O4/c1-17(2,3)24-16(22)20-7-5-19(6-8-20)14-10-13(18)9-12(11-21)15(14)23-4/h9-10,21H,5-8,11H2,1-4H3. The molecule has 6 nitrogen and oxygen atoms in total. The number of rotatable bonds is 3. The first-order valence-electron chi connectivity index (χ1n) is 7.95. The lowest BCUT2D eigenvalue weighted by atomic mass is 10.1. The summed E-state index contributed by atoms with van der Waals surface area (Å²) >= 11 is 6.15. The summed E-state index contributed by atoms with van der Waals surface area (Å²) in [6.45, 7) is 7.81. The molecule has 1 aliphatic rings. The zero-order valence-electron chi connectivity index (χ0n) is 14.6. The van der Waals surface area contributed by atoms with Crippen LogP contribution in [0, 0.1) is 0 Å². The number of halogens is 1. The average Bonchev–Trinajstić information content (AvgIpc) is 2.52. The molecule has 1 aromatic rings. The normalized spacial score (nSPS) is 15.4. The van der Waals surface area contributed by atoms with Gasteiger partial charge < -0.3 is 24.4 Å². The fourth-order valence-corrected chi connectivity index (χ4v) is 2.91. The van der Waals surface area contributed by atoms with Crippen LogP contribution in [-0.4, -0.2) is 55.0 Å². The summed E-state index contributed by atoms with van der Waals surface area (Å²) in [6, 6.07) is 3.52. The highest BCUT2D eigenvalue weighted by Crippen LogP contribution is 2.36. The summed E-state index contributed by atoms with van der Waals surface area (Å²) in [7, 11) is 1.57. The Morgan fingerprint density at radius 2 is 1.88 bits per heavy atom. The summed E-state index contributed by atoms with van der Waals surface area (Å²) < 4.78 is 10.9. The minimum atomic E-state index is -0.500. The van der Waals surface area contributed by atoms with Crippen molar-refractivity contribution in [1.82, 2.24) is 4.90 Å². The number of aliphatic hydroxyl groups excluding tert-OH is 1. The molecule has 1 heterocycles. The van der Waals surface area contributed by atoms with Gasteiger partial charge >= 0.3 is 6.09 Å². The number of carbonyl (C=O) groups excluding carboxylic acids is 1. The number of nitrogens with zero attached hydrogens (tertiary/aromatic N) is 2. The zero-order chi connectivity index (χ0) is 17.9. The van der Waals surface area contributed by atoms with Gasteiger partial charge in [-0.15, -0.1) is 0 Å². The summed E-state index contributed by atoms with van der Waals surface area (Å²) in [5.41, 5.74) is 0.980. The van der Waals surface area contributed by atoms with Gasteiger partial charge in [0.1, 0.15) is 11.4 Å². The van der Waals surface area contributed by atoms with E-state index < -0.39 is 5.60 Å². The topological polar surface area (TPSA) is 62.2 Å². The molecule has 24 heavy (non-hydrogen) atoms. The van der Waals surface area contributed by atoms with Crippen LogP contribution in [0.15, 0.2) is 12.1 Å². The van der Waals surface area contributed by atoms with Gasteiger partial charge in [-0.05, 0) is 32.9 Å². The molecule has 1 aliphatic heterocycles. The SMILES string of the molecule is COc1c(CO)cc(Cl)cc1N1CCN(C(=O)OC(C)(C)C)CC1. The van der Waals surface area contributed by atoms with E-state index in [1.807, 2.05) is 26.8 Å². The van der Waals surface area contributed by atoms with Crippen LogP contribution in [0.2, 0.25) is 5.02 Å². The van der Waals surface area contributed by atoms with Gasteiger partial charge in [-0.1, -0.05) is 11.6 Å². The third-order valence-corrected chi connectivity index (χ3v) is 3.98. The second-order valence-electron chi connectivity index (χ2n) is 6.73. The molecule has 0 spiro atoms. The van der Waals surface area contributed by atoms with Crippen LogP contribution >= 0.6 is 11.6 Å². The number of methoxy groups -OCH3 is 1. The molecule has 0 aliphatic carbocycles. The number of hydrogen-bond donors (Lipinski definition) is 1. The number of amides is 1. The molecular weight excluding hydrogens is 332 g/mol. The van der Waals surface area contributed by atoms with Gasteiger partial charge in [0.2, 0.25) is 0 Å². The van der Waals surface area contributed by atoms with Crippen molar-refractivity contribution in [2.75, 3.05) is 38.2 Å². The molecule has 1 aromatic carbocycles. The fraction of sp³-hybridized carbons (Fsp3) is 0.588. The van der Waals surface area contributed by atoms with Crippen LogP contribution in [-0.2, 0) is 11.3 Å². The molecule has 7 heteroatoms. The van der Waals surface area contributed by atoms with Gasteiger partial charge in [0.05, 0.1) is 19.4 Å². The maximum absolute atomic E-state index is 12.1. The third kappa shape index (κ3) is 4.45. The van der Waals surface area contributed by atoms with Crippen molar-refractivity contribution in [1.29, 1.82) is 0 Å². The Bertz CT molecular complexity index is 593. The van der Waals surface area contributed by atoms with Crippen molar-refractivity contribution in [3.63, 3.8) is 0 Å². The predicted molar refractivity (Wildman–Crippen MR) is 93.9 cm³/mol. The third-order valence-electron chi connectivity index (χ3n) is 3.76. The van der Waals surface area contributed by atoms with E-state index in [1.165, 1.54) is 0 Å². The van der Waals surface area contributed by atoms with Crippen LogP contribution < -0.4 is 9.64 Å². The van der Waals surface area contributed by atoms with Crippen LogP contribution in [0.25, 0.3) is 0 Å². The van der Waals surface area contributed by atoms with Crippen molar-refractivity contribution in [2.24, 2.45) is 0 Å². The lowest BCUT2D eigenvalue weighted by Crippen LogP contribution is -2.50. The highest BCUT2D eigenvalue weighted by Gasteiger charge is 2.27. The molecule has 134 valence electrons. The summed E-state index contributed by atoms with van der Waals surface area (Å²) in [6.07, 6.45) is -0.295. The number of anilines is 1. The van der Waals surface area contributed by atoms with Gasteiger partial charge in [0.15, 0.2) is 0 Å². The first kappa shape index (κ1) is 18.7. The van der Waals surface area contributed by atoms with Crippen LogP contribution in [0.3, 0.4) is 0 Å². The smallest absolute Gasteiger partial charge is 0.410 e. The van der Waals surface area contributed by atoms with Crippen molar-refractivity contribution >= 4 is 23.4 Å². The van der Waals surface area contributed by atoms with Gasteiger partial charge in [-0.25, -0.2) is 4.79 Å². The zero-order valence-corrected chi connectivity index (χ0v) is 15.4. The number of hydrogen-bond acceptors (Lipinski definition) is 5. The quantitative estimate of drug-likeness (QED) is 0.902. The molecule has 0 radical (unpaired) electrons. The lowest BCUT2D eigenvalue weighted by molar-refractivity contribution is 0.0240. The Balaban J connectivity index is 2.10. The van der Waals surface area contributed by atoms with E-state index in [-0.39, 0.29) is 12.7 Å². The molecule has 1 fully saturated rings. The minimum absolute atomic E-state index is 0.144. The molecule has 0 atom stereocenters. The number of piperazine rings is 1. The van der Waals surface area contributed by atoms with Crippen molar-refractivity contribution < 1.29 is 19.4 Å². The number of carbonyl (C=O) groups is 1. The van der Waals surface area contributed by atoms with E-state index in [0.717, 1.165) is 5.69 Å². The lowest BCUT2D eigenvalue weighted by Gasteiger charge is -2.37. The van der Waals surface area contributed by atoms with Gasteiger partial charge in [-0.2, -0.15) is 0 Å². The highest BCUT2D eigenvalue weighted by molar-refractivity contribution is 6.31. The predicted octanol–water partition coefficient (Wildman–Crippen LogP) is 2.90. The van der Waals surface area contributed by atoms with E-state index in [1.54, 1.807) is 18.1 Å². The molecule has 2 rings (SSSR count). The van der Waals surface area contributed by atoms with Crippen molar-refractivity contribution in [2.45, 2.75) is 33.0 Å². The molecule has 0 unspecified atom stereocenters. The second-order valence-corrected chi connectivity index (χ2v) is 7.17. The molecule has 0 saturated carbocycles. The minimum Gasteiger partial charge on any atom is -0.494 e. The Morgan fingerprint density at radius 3 is 2.38 bits per heavy atom. The molecule has 1 amide bonds. The first-order valence-corrected chi connectivity index (χ1v) is 8.33. The van der Waals surface area contributed by atoms with E-state index in [2.05, 4.69) is 4.90 Å². The monoisotopic (exact) mass is 356 g/mol. The second kappa shape index (κ2) is 7.49. The van der Waals surface area contributed by atoms with Crippen molar-refractivity contribution in [3.8, 4) is 5.75 Å². The largest absolute Gasteiger partial charge is 0.494 e. The van der Waals surface area contributed by atoms with Gasteiger partial charge in [0, 0.05) is 36.8 Å². The van der Waals surface area contributed by atoms with E-state index >= 15 is 0 Å². The van der Waals surface area contributed by atoms with Gasteiger partial charge in [-0.3, -0.25) is 0 Å². The van der Waals surface area contributed by atoms with Crippen molar-refractivity contribution in [3.05, 3.63) is 22.7 Å². The molecule has 0 bridgehead atoms. The Hall–Kier alpha value is -1.66. The molecule has 0 aromatic heterocycles. The van der Waals surface area contributed by atoms with Crippen LogP contribution in [0.4, 0.5) is 10.5 Å². The fourth-order valence-electron chi connectivity index (χ4n) is 2.68. The summed E-state index contributed by atoms with van der Waals surface area (Å²) in [5.74, 6) is 0.618. The number of benzene rings is 1. The molecule has 1 N–H and O–H groups in total. The number of ether oxygens (including phenoxy) is 2.